The molecule has 0 saturated carbocycles. The monoisotopic (exact) mass is 458 g/mol. The summed E-state index contributed by atoms with van der Waals surface area (Å²) in [6.45, 7) is 0. The van der Waals surface area contributed by atoms with E-state index >= 15 is 0 Å². The Labute approximate surface area is 183 Å². The maximum absolute atomic E-state index is 14.5. The molecule has 4 rings (SSSR count). The average Bonchev–Trinajstić information content (AvgIpc) is 2.75. The molecule has 0 saturated heterocycles. The highest BCUT2D eigenvalue weighted by Gasteiger charge is 2.18. The average molecular weight is 459 g/mol. The van der Waals surface area contributed by atoms with Crippen molar-refractivity contribution in [3.8, 4) is 5.69 Å². The van der Waals surface area contributed by atoms with Crippen molar-refractivity contribution in [2.24, 2.45) is 0 Å². The van der Waals surface area contributed by atoms with E-state index in [1.807, 2.05) is 0 Å². The van der Waals surface area contributed by atoms with Gasteiger partial charge in [-0.15, -0.1) is 0 Å². The van der Waals surface area contributed by atoms with Crippen molar-refractivity contribution in [2.45, 2.75) is 5.16 Å². The third-order valence-corrected chi connectivity index (χ3v) is 5.38. The summed E-state index contributed by atoms with van der Waals surface area (Å²) < 4.78 is 28.9. The molecule has 6 nitrogen and oxygen atoms in total. The van der Waals surface area contributed by atoms with Crippen LogP contribution in [0.4, 0.5) is 14.6 Å². The number of aromatic nitrogens is 3. The number of hydrogen-bond donors (Lipinski definition) is 1. The number of pyridine rings is 1. The number of nitrogens with one attached hydrogen (secondary N) is 1. The first-order valence-electron chi connectivity index (χ1n) is 8.94. The molecule has 31 heavy (non-hydrogen) atoms. The fourth-order valence-electron chi connectivity index (χ4n) is 2.84. The second kappa shape index (κ2) is 8.83. The smallest absolute Gasteiger partial charge is 0.266 e. The molecule has 1 N–H and O–H groups in total. The number of carbonyl (C=O) groups is 1. The van der Waals surface area contributed by atoms with Gasteiger partial charge in [0.05, 0.1) is 27.4 Å². The molecule has 0 fully saturated rings. The van der Waals surface area contributed by atoms with Gasteiger partial charge in [-0.3, -0.25) is 14.2 Å². The first-order chi connectivity index (χ1) is 14.9. The third kappa shape index (κ3) is 4.57. The summed E-state index contributed by atoms with van der Waals surface area (Å²) in [5.74, 6) is -1.92. The Morgan fingerprint density at radius 3 is 2.68 bits per heavy atom. The lowest BCUT2D eigenvalue weighted by atomic mass is 10.2. The van der Waals surface area contributed by atoms with E-state index in [1.165, 1.54) is 6.20 Å². The molecule has 156 valence electrons. The maximum Gasteiger partial charge on any atom is 0.266 e. The second-order valence-corrected chi connectivity index (χ2v) is 7.73. The van der Waals surface area contributed by atoms with Crippen LogP contribution in [0.2, 0.25) is 5.02 Å². The number of thioether (sulfide) groups is 1. The zero-order valence-electron chi connectivity index (χ0n) is 15.7. The first-order valence-corrected chi connectivity index (χ1v) is 10.3. The van der Waals surface area contributed by atoms with Crippen LogP contribution in [0.5, 0.6) is 0 Å². The van der Waals surface area contributed by atoms with Crippen LogP contribution in [0, 0.1) is 11.6 Å². The number of hydrogen-bond acceptors (Lipinski definition) is 5. The van der Waals surface area contributed by atoms with E-state index in [-0.39, 0.29) is 22.0 Å². The minimum Gasteiger partial charge on any atom is -0.310 e. The topological polar surface area (TPSA) is 76.9 Å². The Hall–Kier alpha value is -3.30. The SMILES string of the molecule is O=C(CSc1nc2ccccc2c(=O)n1-c1ccc(F)cc1F)Nc1ccc(Cl)cn1. The van der Waals surface area contributed by atoms with Crippen molar-refractivity contribution in [3.05, 3.63) is 87.8 Å². The molecule has 10 heteroatoms. The van der Waals surface area contributed by atoms with Crippen molar-refractivity contribution < 1.29 is 13.6 Å². The highest BCUT2D eigenvalue weighted by molar-refractivity contribution is 7.99. The summed E-state index contributed by atoms with van der Waals surface area (Å²) in [4.78, 5) is 33.8. The van der Waals surface area contributed by atoms with Gasteiger partial charge < -0.3 is 5.32 Å². The van der Waals surface area contributed by atoms with Crippen molar-refractivity contribution in [1.29, 1.82) is 0 Å². The number of rotatable bonds is 5. The van der Waals surface area contributed by atoms with E-state index < -0.39 is 23.1 Å². The van der Waals surface area contributed by atoms with Gasteiger partial charge in [0, 0.05) is 12.3 Å². The lowest BCUT2D eigenvalue weighted by Crippen LogP contribution is -2.24. The summed E-state index contributed by atoms with van der Waals surface area (Å²) in [6.07, 6.45) is 1.39. The number of amides is 1. The number of para-hydroxylation sites is 1. The zero-order chi connectivity index (χ0) is 22.0. The van der Waals surface area contributed by atoms with Crippen LogP contribution in [0.15, 0.2) is 70.7 Å². The van der Waals surface area contributed by atoms with Gasteiger partial charge in [0.1, 0.15) is 17.5 Å². The standard InChI is InChI=1S/C21H13ClF2N4O2S/c22-12-5-8-18(25-10-12)27-19(29)11-31-21-26-16-4-2-1-3-14(16)20(30)28(21)17-7-6-13(23)9-15(17)24/h1-10H,11H2,(H,25,27,29). The molecular formula is C21H13ClF2N4O2S. The van der Waals surface area contributed by atoms with Gasteiger partial charge >= 0.3 is 0 Å². The lowest BCUT2D eigenvalue weighted by molar-refractivity contribution is -0.113. The Morgan fingerprint density at radius 2 is 1.94 bits per heavy atom. The fourth-order valence-corrected chi connectivity index (χ4v) is 3.76. The summed E-state index contributed by atoms with van der Waals surface area (Å²) in [7, 11) is 0. The van der Waals surface area contributed by atoms with E-state index in [2.05, 4.69) is 15.3 Å². The molecule has 2 aromatic carbocycles. The Morgan fingerprint density at radius 1 is 1.13 bits per heavy atom. The molecule has 0 aliphatic rings. The molecule has 0 unspecified atom stereocenters. The number of fused-ring (bicyclic) bond motifs is 1. The number of benzene rings is 2. The van der Waals surface area contributed by atoms with Crippen LogP contribution >= 0.6 is 23.4 Å². The first kappa shape index (κ1) is 21.0. The molecule has 1 amide bonds. The van der Waals surface area contributed by atoms with Gasteiger partial charge in [0.2, 0.25) is 5.91 Å². The Kier molecular flexibility index (Phi) is 5.97. The fraction of sp³-hybridized carbons (Fsp3) is 0.0476. The second-order valence-electron chi connectivity index (χ2n) is 6.35. The molecule has 2 aromatic heterocycles. The Balaban J connectivity index is 1.69. The van der Waals surface area contributed by atoms with Gasteiger partial charge in [-0.05, 0) is 36.4 Å². The van der Waals surface area contributed by atoms with E-state index in [0.29, 0.717) is 22.4 Å². The van der Waals surface area contributed by atoms with Gasteiger partial charge in [-0.2, -0.15) is 0 Å². The minimum atomic E-state index is -0.921. The molecule has 0 atom stereocenters. The number of halogens is 3. The number of carbonyl (C=O) groups excluding carboxylic acids is 1. The van der Waals surface area contributed by atoms with Crippen molar-refractivity contribution in [1.82, 2.24) is 14.5 Å². The molecule has 0 bridgehead atoms. The van der Waals surface area contributed by atoms with E-state index in [4.69, 9.17) is 11.6 Å². The van der Waals surface area contributed by atoms with Crippen LogP contribution in [-0.4, -0.2) is 26.2 Å². The molecule has 0 aliphatic carbocycles. The van der Waals surface area contributed by atoms with E-state index in [0.717, 1.165) is 28.5 Å². The van der Waals surface area contributed by atoms with Gasteiger partial charge in [-0.25, -0.2) is 18.7 Å². The summed E-state index contributed by atoms with van der Waals surface area (Å²) in [5.41, 5.74) is -0.293. The van der Waals surface area contributed by atoms with E-state index in [9.17, 15) is 18.4 Å². The molecule has 0 radical (unpaired) electrons. The highest BCUT2D eigenvalue weighted by atomic mass is 35.5. The minimum absolute atomic E-state index is 0.0911. The molecule has 0 aliphatic heterocycles. The van der Waals surface area contributed by atoms with Crippen LogP contribution in [0.3, 0.4) is 0 Å². The van der Waals surface area contributed by atoms with E-state index in [1.54, 1.807) is 36.4 Å². The predicted molar refractivity (Wildman–Crippen MR) is 116 cm³/mol. The molecule has 2 heterocycles. The molecule has 0 spiro atoms. The molecular weight excluding hydrogens is 446 g/mol. The third-order valence-electron chi connectivity index (χ3n) is 4.22. The van der Waals surface area contributed by atoms with Crippen molar-refractivity contribution in [3.63, 3.8) is 0 Å². The maximum atomic E-state index is 14.5. The van der Waals surface area contributed by atoms with Crippen LogP contribution < -0.4 is 10.9 Å². The quantitative estimate of drug-likeness (QED) is 0.353. The van der Waals surface area contributed by atoms with Gasteiger partial charge in [0.15, 0.2) is 5.16 Å². The number of anilines is 1. The Bertz CT molecular complexity index is 1350. The van der Waals surface area contributed by atoms with Crippen LogP contribution in [0.25, 0.3) is 16.6 Å². The summed E-state index contributed by atoms with van der Waals surface area (Å²) in [5, 5.41) is 3.39. The van der Waals surface area contributed by atoms with Crippen molar-refractivity contribution >= 4 is 46.0 Å². The lowest BCUT2D eigenvalue weighted by Gasteiger charge is -2.14. The van der Waals surface area contributed by atoms with Crippen molar-refractivity contribution in [2.75, 3.05) is 11.1 Å². The summed E-state index contributed by atoms with van der Waals surface area (Å²) >= 11 is 6.72. The molecule has 4 aromatic rings. The zero-order valence-corrected chi connectivity index (χ0v) is 17.3. The van der Waals surface area contributed by atoms with Crippen LogP contribution in [0.1, 0.15) is 0 Å². The number of nitrogens with zero attached hydrogens (tertiary/aromatic N) is 3. The summed E-state index contributed by atoms with van der Waals surface area (Å²) in [6, 6.07) is 12.6. The largest absolute Gasteiger partial charge is 0.310 e. The normalized spacial score (nSPS) is 10.9. The highest BCUT2D eigenvalue weighted by Crippen LogP contribution is 2.23. The van der Waals surface area contributed by atoms with Crippen LogP contribution in [-0.2, 0) is 4.79 Å². The van der Waals surface area contributed by atoms with Gasteiger partial charge in [0.25, 0.3) is 5.56 Å². The predicted octanol–water partition coefficient (Wildman–Crippen LogP) is 4.44. The van der Waals surface area contributed by atoms with Gasteiger partial charge in [-0.1, -0.05) is 35.5 Å².